The zero-order valence-corrected chi connectivity index (χ0v) is 13.4. The first-order valence-corrected chi connectivity index (χ1v) is 8.22. The van der Waals surface area contributed by atoms with Gasteiger partial charge in [-0.05, 0) is 50.7 Å². The summed E-state index contributed by atoms with van der Waals surface area (Å²) in [5, 5.41) is 0. The predicted octanol–water partition coefficient (Wildman–Crippen LogP) is 1.25. The lowest BCUT2D eigenvalue weighted by atomic mass is 10.1. The third-order valence-corrected chi connectivity index (χ3v) is 4.78. The standard InChI is InChI=1S/C17H26N4O/c1-19-8-10-21(11-9-19)17(22)14-4-5-15(16(18)12-14)13-20-6-2-3-7-20/h4-5,12H,2-3,6-11,13,18H2,1H3. The van der Waals surface area contributed by atoms with E-state index in [1.54, 1.807) is 0 Å². The molecule has 5 heteroatoms. The summed E-state index contributed by atoms with van der Waals surface area (Å²) in [6.45, 7) is 6.68. The van der Waals surface area contributed by atoms with Crippen molar-refractivity contribution in [2.45, 2.75) is 19.4 Å². The first-order valence-electron chi connectivity index (χ1n) is 8.22. The fourth-order valence-electron chi connectivity index (χ4n) is 3.25. The van der Waals surface area contributed by atoms with Crippen LogP contribution in [0.4, 0.5) is 5.69 Å². The molecular weight excluding hydrogens is 276 g/mol. The van der Waals surface area contributed by atoms with Crippen molar-refractivity contribution in [3.63, 3.8) is 0 Å². The number of hydrogen-bond donors (Lipinski definition) is 1. The third kappa shape index (κ3) is 3.42. The van der Waals surface area contributed by atoms with E-state index < -0.39 is 0 Å². The third-order valence-electron chi connectivity index (χ3n) is 4.78. The summed E-state index contributed by atoms with van der Waals surface area (Å²) in [6, 6.07) is 5.81. The van der Waals surface area contributed by atoms with E-state index in [0.29, 0.717) is 5.56 Å². The molecule has 2 fully saturated rings. The smallest absolute Gasteiger partial charge is 0.254 e. The molecule has 0 bridgehead atoms. The van der Waals surface area contributed by atoms with Crippen molar-refractivity contribution >= 4 is 11.6 Å². The molecule has 1 amide bonds. The van der Waals surface area contributed by atoms with Crippen molar-refractivity contribution in [2.75, 3.05) is 52.0 Å². The van der Waals surface area contributed by atoms with Crippen LogP contribution in [-0.2, 0) is 6.54 Å². The van der Waals surface area contributed by atoms with Gasteiger partial charge >= 0.3 is 0 Å². The lowest BCUT2D eigenvalue weighted by molar-refractivity contribution is 0.0664. The van der Waals surface area contributed by atoms with Crippen molar-refractivity contribution in [1.82, 2.24) is 14.7 Å². The molecule has 120 valence electrons. The molecule has 1 aromatic carbocycles. The number of benzene rings is 1. The number of carbonyl (C=O) groups excluding carboxylic acids is 1. The van der Waals surface area contributed by atoms with E-state index in [1.807, 2.05) is 23.1 Å². The van der Waals surface area contributed by atoms with E-state index in [-0.39, 0.29) is 5.91 Å². The summed E-state index contributed by atoms with van der Waals surface area (Å²) in [6.07, 6.45) is 2.56. The maximum Gasteiger partial charge on any atom is 0.254 e. The largest absolute Gasteiger partial charge is 0.398 e. The Balaban J connectivity index is 1.66. The van der Waals surface area contributed by atoms with Gasteiger partial charge in [0.05, 0.1) is 0 Å². The first-order chi connectivity index (χ1) is 10.6. The number of nitrogens with two attached hydrogens (primary N) is 1. The van der Waals surface area contributed by atoms with E-state index in [2.05, 4.69) is 16.8 Å². The second kappa shape index (κ2) is 6.67. The van der Waals surface area contributed by atoms with Gasteiger partial charge in [0.25, 0.3) is 5.91 Å². The van der Waals surface area contributed by atoms with E-state index >= 15 is 0 Å². The van der Waals surface area contributed by atoms with Gasteiger partial charge in [0.2, 0.25) is 0 Å². The van der Waals surface area contributed by atoms with Crippen LogP contribution in [0.15, 0.2) is 18.2 Å². The molecule has 1 aromatic rings. The van der Waals surface area contributed by atoms with Crippen LogP contribution in [0.3, 0.4) is 0 Å². The minimum absolute atomic E-state index is 0.104. The Morgan fingerprint density at radius 1 is 1.09 bits per heavy atom. The highest BCUT2D eigenvalue weighted by molar-refractivity contribution is 5.95. The second-order valence-electron chi connectivity index (χ2n) is 6.49. The Labute approximate surface area is 132 Å². The van der Waals surface area contributed by atoms with Crippen LogP contribution >= 0.6 is 0 Å². The number of carbonyl (C=O) groups is 1. The molecule has 0 radical (unpaired) electrons. The Hall–Kier alpha value is -1.59. The van der Waals surface area contributed by atoms with Gasteiger partial charge in [-0.3, -0.25) is 9.69 Å². The number of hydrogen-bond acceptors (Lipinski definition) is 4. The van der Waals surface area contributed by atoms with E-state index in [1.165, 1.54) is 12.8 Å². The van der Waals surface area contributed by atoms with E-state index in [4.69, 9.17) is 5.73 Å². The molecule has 0 aliphatic carbocycles. The van der Waals surface area contributed by atoms with Gasteiger partial charge in [-0.2, -0.15) is 0 Å². The molecule has 0 unspecified atom stereocenters. The topological polar surface area (TPSA) is 52.8 Å². The molecule has 2 aliphatic heterocycles. The average molecular weight is 302 g/mol. The molecule has 2 N–H and O–H groups in total. The molecule has 2 aliphatic rings. The zero-order valence-electron chi connectivity index (χ0n) is 13.4. The molecule has 0 aromatic heterocycles. The Bertz CT molecular complexity index is 531. The van der Waals surface area contributed by atoms with E-state index in [9.17, 15) is 4.79 Å². The molecule has 2 heterocycles. The van der Waals surface area contributed by atoms with Crippen molar-refractivity contribution < 1.29 is 4.79 Å². The average Bonchev–Trinajstić information content (AvgIpc) is 3.02. The Morgan fingerprint density at radius 2 is 1.77 bits per heavy atom. The molecule has 2 saturated heterocycles. The molecule has 0 spiro atoms. The van der Waals surface area contributed by atoms with Gasteiger partial charge in [-0.15, -0.1) is 0 Å². The van der Waals surface area contributed by atoms with Crippen LogP contribution in [0, 0.1) is 0 Å². The van der Waals surface area contributed by atoms with E-state index in [0.717, 1.165) is 57.1 Å². The van der Waals surface area contributed by atoms with Gasteiger partial charge in [-0.25, -0.2) is 0 Å². The highest BCUT2D eigenvalue weighted by Gasteiger charge is 2.21. The maximum atomic E-state index is 12.6. The second-order valence-corrected chi connectivity index (χ2v) is 6.49. The molecule has 5 nitrogen and oxygen atoms in total. The van der Waals surface area contributed by atoms with Crippen LogP contribution in [0.1, 0.15) is 28.8 Å². The van der Waals surface area contributed by atoms with Crippen LogP contribution < -0.4 is 5.73 Å². The van der Waals surface area contributed by atoms with Crippen molar-refractivity contribution in [3.8, 4) is 0 Å². The van der Waals surface area contributed by atoms with Gasteiger partial charge in [-0.1, -0.05) is 6.07 Å². The van der Waals surface area contributed by atoms with Crippen LogP contribution in [0.2, 0.25) is 0 Å². The number of nitrogen functional groups attached to an aromatic ring is 1. The van der Waals surface area contributed by atoms with Gasteiger partial charge in [0.15, 0.2) is 0 Å². The van der Waals surface area contributed by atoms with Crippen LogP contribution in [0.5, 0.6) is 0 Å². The molecular formula is C17H26N4O. The first kappa shape index (κ1) is 15.3. The SMILES string of the molecule is CN1CCN(C(=O)c2ccc(CN3CCCC3)c(N)c2)CC1. The summed E-state index contributed by atoms with van der Waals surface area (Å²) < 4.78 is 0. The van der Waals surface area contributed by atoms with Crippen LogP contribution in [0.25, 0.3) is 0 Å². The lowest BCUT2D eigenvalue weighted by Gasteiger charge is -2.32. The fourth-order valence-corrected chi connectivity index (χ4v) is 3.25. The monoisotopic (exact) mass is 302 g/mol. The number of anilines is 1. The number of rotatable bonds is 3. The highest BCUT2D eigenvalue weighted by Crippen LogP contribution is 2.20. The predicted molar refractivity (Wildman–Crippen MR) is 88.8 cm³/mol. The van der Waals surface area contributed by atoms with Gasteiger partial charge in [0.1, 0.15) is 0 Å². The Morgan fingerprint density at radius 3 is 2.41 bits per heavy atom. The molecule has 0 atom stereocenters. The number of likely N-dealkylation sites (tertiary alicyclic amines) is 1. The Kier molecular flexibility index (Phi) is 4.64. The number of likely N-dealkylation sites (N-methyl/N-ethyl adjacent to an activating group) is 1. The maximum absolute atomic E-state index is 12.6. The van der Waals surface area contributed by atoms with Crippen molar-refractivity contribution in [1.29, 1.82) is 0 Å². The summed E-state index contributed by atoms with van der Waals surface area (Å²) in [5.41, 5.74) is 8.78. The summed E-state index contributed by atoms with van der Waals surface area (Å²) in [4.78, 5) is 19.2. The lowest BCUT2D eigenvalue weighted by Crippen LogP contribution is -2.47. The normalized spacial score (nSPS) is 20.5. The molecule has 22 heavy (non-hydrogen) atoms. The minimum atomic E-state index is 0.104. The van der Waals surface area contributed by atoms with Gasteiger partial charge < -0.3 is 15.5 Å². The van der Waals surface area contributed by atoms with Crippen LogP contribution in [-0.4, -0.2) is 66.9 Å². The number of piperazine rings is 1. The highest BCUT2D eigenvalue weighted by atomic mass is 16.2. The van der Waals surface area contributed by atoms with Crippen molar-refractivity contribution in [2.24, 2.45) is 0 Å². The fraction of sp³-hybridized carbons (Fsp3) is 0.588. The molecule has 0 saturated carbocycles. The van der Waals surface area contributed by atoms with Crippen molar-refractivity contribution in [3.05, 3.63) is 29.3 Å². The molecule has 3 rings (SSSR count). The summed E-state index contributed by atoms with van der Waals surface area (Å²) >= 11 is 0. The number of nitrogens with zero attached hydrogens (tertiary/aromatic N) is 3. The van der Waals surface area contributed by atoms with Gasteiger partial charge in [0, 0.05) is 44.0 Å². The summed E-state index contributed by atoms with van der Waals surface area (Å²) in [7, 11) is 2.09. The minimum Gasteiger partial charge on any atom is -0.398 e. The number of amides is 1. The summed E-state index contributed by atoms with van der Waals surface area (Å²) in [5.74, 6) is 0.104. The zero-order chi connectivity index (χ0) is 15.5. The quantitative estimate of drug-likeness (QED) is 0.854.